The van der Waals surface area contributed by atoms with Crippen molar-refractivity contribution in [3.05, 3.63) is 30.0 Å². The van der Waals surface area contributed by atoms with Crippen LogP contribution in [0.1, 0.15) is 37.2 Å². The van der Waals surface area contributed by atoms with Crippen LogP contribution in [0.25, 0.3) is 11.0 Å². The minimum atomic E-state index is -0.791. The largest absolute Gasteiger partial charge is 0.492 e. The molecular formula is C26H35N3O7. The van der Waals surface area contributed by atoms with Gasteiger partial charge in [-0.05, 0) is 43.0 Å². The second kappa shape index (κ2) is 12.3. The van der Waals surface area contributed by atoms with E-state index >= 15 is 0 Å². The molecule has 2 aliphatic heterocycles. The first kappa shape index (κ1) is 26.1. The summed E-state index contributed by atoms with van der Waals surface area (Å²) in [6, 6.07) is 5.68. The van der Waals surface area contributed by atoms with Crippen molar-refractivity contribution in [3.8, 4) is 5.75 Å². The zero-order valence-corrected chi connectivity index (χ0v) is 20.9. The van der Waals surface area contributed by atoms with Gasteiger partial charge in [-0.3, -0.25) is 19.3 Å². The number of ketones is 1. The van der Waals surface area contributed by atoms with Gasteiger partial charge in [0.25, 0.3) is 5.91 Å². The van der Waals surface area contributed by atoms with Crippen molar-refractivity contribution in [2.75, 3.05) is 52.7 Å². The molecule has 3 heterocycles. The maximum absolute atomic E-state index is 13.0. The van der Waals surface area contributed by atoms with Crippen LogP contribution in [0.3, 0.4) is 0 Å². The summed E-state index contributed by atoms with van der Waals surface area (Å²) in [5.74, 6) is -0.0749. The van der Waals surface area contributed by atoms with Crippen LogP contribution in [0.15, 0.2) is 28.7 Å². The first-order chi connectivity index (χ1) is 17.4. The Balaban J connectivity index is 1.36. The average molecular weight is 502 g/mol. The standard InChI is InChI=1S/C26H35N3O7/c1-17(2)13-21(25(31)27-20-5-9-34-16-22(20)30)28-26(32)24-15-18-14-19(3-4-23(18)36-24)35-12-8-29-6-10-33-11-7-29/h3-4,14-15,17,20-21H,5-13,16H2,1-2H3,(H,27,31)(H,28,32)/t20-,21+/m1/s1. The molecule has 0 unspecified atom stereocenters. The van der Waals surface area contributed by atoms with Gasteiger partial charge >= 0.3 is 0 Å². The number of hydrogen-bond acceptors (Lipinski definition) is 8. The van der Waals surface area contributed by atoms with Crippen molar-refractivity contribution < 1.29 is 33.0 Å². The summed E-state index contributed by atoms with van der Waals surface area (Å²) in [5, 5.41) is 6.29. The van der Waals surface area contributed by atoms with E-state index in [0.717, 1.165) is 38.2 Å². The van der Waals surface area contributed by atoms with E-state index in [1.54, 1.807) is 12.1 Å². The molecule has 2 amide bonds. The van der Waals surface area contributed by atoms with Crippen LogP contribution in [0.5, 0.6) is 5.75 Å². The molecule has 36 heavy (non-hydrogen) atoms. The van der Waals surface area contributed by atoms with Crippen molar-refractivity contribution in [3.63, 3.8) is 0 Å². The van der Waals surface area contributed by atoms with Gasteiger partial charge in [0, 0.05) is 31.6 Å². The number of benzene rings is 1. The Labute approximate surface area is 210 Å². The van der Waals surface area contributed by atoms with Gasteiger partial charge in [0.2, 0.25) is 5.91 Å². The molecule has 0 radical (unpaired) electrons. The normalized spacial score (nSPS) is 19.9. The van der Waals surface area contributed by atoms with Crippen molar-refractivity contribution in [1.29, 1.82) is 0 Å². The van der Waals surface area contributed by atoms with Gasteiger partial charge in [0.05, 0.1) is 19.3 Å². The molecular weight excluding hydrogens is 466 g/mol. The maximum atomic E-state index is 13.0. The van der Waals surface area contributed by atoms with E-state index in [1.165, 1.54) is 0 Å². The highest BCUT2D eigenvalue weighted by Crippen LogP contribution is 2.25. The molecule has 2 fully saturated rings. The summed E-state index contributed by atoms with van der Waals surface area (Å²) in [6.45, 7) is 9.02. The van der Waals surface area contributed by atoms with Crippen LogP contribution in [0.2, 0.25) is 0 Å². The van der Waals surface area contributed by atoms with Crippen molar-refractivity contribution in [1.82, 2.24) is 15.5 Å². The van der Waals surface area contributed by atoms with E-state index in [0.29, 0.717) is 37.4 Å². The highest BCUT2D eigenvalue weighted by Gasteiger charge is 2.30. The molecule has 2 atom stereocenters. The summed E-state index contributed by atoms with van der Waals surface area (Å²) in [5.41, 5.74) is 0.554. The molecule has 4 rings (SSSR count). The molecule has 0 saturated carbocycles. The topological polar surface area (TPSA) is 119 Å². The highest BCUT2D eigenvalue weighted by molar-refractivity contribution is 5.99. The number of Topliss-reactive ketones (excluding diaryl/α,β-unsaturated/α-hetero) is 1. The molecule has 2 aliphatic rings. The lowest BCUT2D eigenvalue weighted by Crippen LogP contribution is -2.53. The number of amides is 2. The molecule has 196 valence electrons. The van der Waals surface area contributed by atoms with E-state index in [2.05, 4.69) is 15.5 Å². The maximum Gasteiger partial charge on any atom is 0.287 e. The van der Waals surface area contributed by atoms with E-state index in [-0.39, 0.29) is 30.0 Å². The Bertz CT molecular complexity index is 1060. The number of carbonyl (C=O) groups excluding carboxylic acids is 3. The van der Waals surface area contributed by atoms with Crippen LogP contribution < -0.4 is 15.4 Å². The van der Waals surface area contributed by atoms with E-state index in [9.17, 15) is 14.4 Å². The third-order valence-corrected chi connectivity index (χ3v) is 6.32. The lowest BCUT2D eigenvalue weighted by Gasteiger charge is -2.26. The fourth-order valence-electron chi connectivity index (χ4n) is 4.33. The zero-order chi connectivity index (χ0) is 25.5. The van der Waals surface area contributed by atoms with Gasteiger partial charge in [-0.15, -0.1) is 0 Å². The van der Waals surface area contributed by atoms with E-state index in [4.69, 9.17) is 18.6 Å². The Hall–Kier alpha value is -2.95. The van der Waals surface area contributed by atoms with Gasteiger partial charge < -0.3 is 29.3 Å². The number of furan rings is 1. The summed E-state index contributed by atoms with van der Waals surface area (Å²) >= 11 is 0. The highest BCUT2D eigenvalue weighted by atomic mass is 16.5. The van der Waals surface area contributed by atoms with E-state index < -0.39 is 18.0 Å². The number of ether oxygens (including phenoxy) is 3. The summed E-state index contributed by atoms with van der Waals surface area (Å²) in [6.07, 6.45) is 0.851. The fraction of sp³-hybridized carbons (Fsp3) is 0.577. The van der Waals surface area contributed by atoms with Gasteiger partial charge in [0.15, 0.2) is 11.5 Å². The quantitative estimate of drug-likeness (QED) is 0.506. The molecule has 2 N–H and O–H groups in total. The fourth-order valence-corrected chi connectivity index (χ4v) is 4.33. The number of nitrogens with zero attached hydrogens (tertiary/aromatic N) is 1. The molecule has 0 aliphatic carbocycles. The Morgan fingerprint density at radius 1 is 1.14 bits per heavy atom. The predicted molar refractivity (Wildman–Crippen MR) is 132 cm³/mol. The van der Waals surface area contributed by atoms with Gasteiger partial charge in [-0.1, -0.05) is 13.8 Å². The first-order valence-corrected chi connectivity index (χ1v) is 12.6. The summed E-state index contributed by atoms with van der Waals surface area (Å²) in [4.78, 5) is 40.2. The number of carbonyl (C=O) groups is 3. The average Bonchev–Trinajstić information content (AvgIpc) is 3.29. The number of rotatable bonds is 10. The Morgan fingerprint density at radius 3 is 2.69 bits per heavy atom. The van der Waals surface area contributed by atoms with Gasteiger partial charge in [-0.2, -0.15) is 0 Å². The van der Waals surface area contributed by atoms with Crippen LogP contribution in [-0.2, 0) is 19.1 Å². The molecule has 2 saturated heterocycles. The molecule has 1 aromatic heterocycles. The number of morpholine rings is 1. The number of hydrogen-bond donors (Lipinski definition) is 2. The zero-order valence-electron chi connectivity index (χ0n) is 20.9. The third kappa shape index (κ3) is 7.05. The molecule has 10 heteroatoms. The van der Waals surface area contributed by atoms with Crippen molar-refractivity contribution in [2.45, 2.75) is 38.8 Å². The molecule has 10 nitrogen and oxygen atoms in total. The minimum absolute atomic E-state index is 0.00986. The van der Waals surface area contributed by atoms with Gasteiger partial charge in [0.1, 0.15) is 30.6 Å². The monoisotopic (exact) mass is 501 g/mol. The lowest BCUT2D eigenvalue weighted by atomic mass is 10.0. The van der Waals surface area contributed by atoms with Crippen LogP contribution in [0.4, 0.5) is 0 Å². The van der Waals surface area contributed by atoms with Gasteiger partial charge in [-0.25, -0.2) is 0 Å². The Kier molecular flexibility index (Phi) is 8.95. The van der Waals surface area contributed by atoms with Crippen LogP contribution in [0, 0.1) is 5.92 Å². The third-order valence-electron chi connectivity index (χ3n) is 6.32. The summed E-state index contributed by atoms with van der Waals surface area (Å²) in [7, 11) is 0. The van der Waals surface area contributed by atoms with Crippen LogP contribution in [-0.4, -0.2) is 87.2 Å². The Morgan fingerprint density at radius 2 is 1.94 bits per heavy atom. The molecule has 1 aromatic carbocycles. The number of fused-ring (bicyclic) bond motifs is 1. The lowest BCUT2D eigenvalue weighted by molar-refractivity contribution is -0.134. The molecule has 0 spiro atoms. The first-order valence-electron chi connectivity index (χ1n) is 12.6. The molecule has 2 aromatic rings. The summed E-state index contributed by atoms with van der Waals surface area (Å²) < 4.78 is 22.1. The SMILES string of the molecule is CC(C)C[C@H](NC(=O)c1cc2cc(OCCN3CCOCC3)ccc2o1)C(=O)N[C@@H]1CCOCC1=O. The smallest absolute Gasteiger partial charge is 0.287 e. The van der Waals surface area contributed by atoms with Crippen molar-refractivity contribution in [2.24, 2.45) is 5.92 Å². The van der Waals surface area contributed by atoms with Crippen LogP contribution >= 0.6 is 0 Å². The second-order valence-electron chi connectivity index (χ2n) is 9.64. The minimum Gasteiger partial charge on any atom is -0.492 e. The second-order valence-corrected chi connectivity index (χ2v) is 9.64. The predicted octanol–water partition coefficient (Wildman–Crippen LogP) is 1.76. The van der Waals surface area contributed by atoms with E-state index in [1.807, 2.05) is 26.0 Å². The molecule has 0 bridgehead atoms. The number of nitrogens with one attached hydrogen (secondary N) is 2. The van der Waals surface area contributed by atoms with Crippen molar-refractivity contribution >= 4 is 28.6 Å².